The molecule has 6 heteroatoms. The fraction of sp³-hybridized carbons (Fsp3) is 0.286. The SMILES string of the molecule is CCCNC(c1cc(Cl)c(Br)s1)c1ccc(F)cc1I. The van der Waals surface area contributed by atoms with E-state index in [-0.39, 0.29) is 11.9 Å². The highest BCUT2D eigenvalue weighted by Gasteiger charge is 2.20. The van der Waals surface area contributed by atoms with Gasteiger partial charge in [0.15, 0.2) is 0 Å². The van der Waals surface area contributed by atoms with Gasteiger partial charge >= 0.3 is 0 Å². The third-order valence-electron chi connectivity index (χ3n) is 2.82. The van der Waals surface area contributed by atoms with Crippen LogP contribution in [-0.2, 0) is 0 Å². The van der Waals surface area contributed by atoms with Gasteiger partial charge in [0.1, 0.15) is 5.82 Å². The molecule has 0 aliphatic rings. The van der Waals surface area contributed by atoms with Crippen LogP contribution in [0.3, 0.4) is 0 Å². The summed E-state index contributed by atoms with van der Waals surface area (Å²) in [6, 6.07) is 6.90. The van der Waals surface area contributed by atoms with Crippen molar-refractivity contribution in [1.29, 1.82) is 0 Å². The number of hydrogen-bond acceptors (Lipinski definition) is 2. The minimum atomic E-state index is -0.210. The molecule has 108 valence electrons. The van der Waals surface area contributed by atoms with Crippen LogP contribution in [0, 0.1) is 9.39 Å². The topological polar surface area (TPSA) is 12.0 Å². The number of hydrogen-bond donors (Lipinski definition) is 1. The molecule has 0 radical (unpaired) electrons. The van der Waals surface area contributed by atoms with E-state index in [1.165, 1.54) is 6.07 Å². The Bertz CT molecular complexity index is 585. The minimum Gasteiger partial charge on any atom is -0.306 e. The van der Waals surface area contributed by atoms with Crippen LogP contribution in [0.15, 0.2) is 28.1 Å². The van der Waals surface area contributed by atoms with Crippen molar-refractivity contribution in [3.8, 4) is 0 Å². The second-order valence-electron chi connectivity index (χ2n) is 4.32. The molecule has 0 amide bonds. The van der Waals surface area contributed by atoms with E-state index in [4.69, 9.17) is 11.6 Å². The zero-order chi connectivity index (χ0) is 14.7. The lowest BCUT2D eigenvalue weighted by atomic mass is 10.1. The van der Waals surface area contributed by atoms with E-state index in [1.54, 1.807) is 17.4 Å². The molecule has 1 atom stereocenters. The monoisotopic (exact) mass is 487 g/mol. The van der Waals surface area contributed by atoms with E-state index in [9.17, 15) is 4.39 Å². The molecule has 0 fully saturated rings. The van der Waals surface area contributed by atoms with E-state index in [1.807, 2.05) is 12.1 Å². The predicted octanol–water partition coefficient (Wildman–Crippen LogP) is 6.00. The zero-order valence-electron chi connectivity index (χ0n) is 10.7. The molecule has 0 saturated heterocycles. The number of benzene rings is 1. The highest BCUT2D eigenvalue weighted by atomic mass is 127. The number of halogens is 4. The van der Waals surface area contributed by atoms with Crippen molar-refractivity contribution in [2.75, 3.05) is 6.54 Å². The quantitative estimate of drug-likeness (QED) is 0.510. The average Bonchev–Trinajstić information content (AvgIpc) is 2.72. The Morgan fingerprint density at radius 3 is 2.75 bits per heavy atom. The van der Waals surface area contributed by atoms with Crippen LogP contribution in [-0.4, -0.2) is 6.54 Å². The van der Waals surface area contributed by atoms with Gasteiger partial charge in [-0.25, -0.2) is 4.39 Å². The highest BCUT2D eigenvalue weighted by Crippen LogP contribution is 2.38. The van der Waals surface area contributed by atoms with Crippen molar-refractivity contribution in [1.82, 2.24) is 5.32 Å². The van der Waals surface area contributed by atoms with Crippen molar-refractivity contribution in [3.05, 3.63) is 52.9 Å². The lowest BCUT2D eigenvalue weighted by Crippen LogP contribution is -2.23. The first-order valence-corrected chi connectivity index (χ1v) is 9.22. The van der Waals surface area contributed by atoms with Gasteiger partial charge < -0.3 is 5.32 Å². The maximum absolute atomic E-state index is 13.3. The lowest BCUT2D eigenvalue weighted by Gasteiger charge is -2.19. The van der Waals surface area contributed by atoms with E-state index < -0.39 is 0 Å². The molecule has 0 aliphatic heterocycles. The molecule has 2 rings (SSSR count). The fourth-order valence-electron chi connectivity index (χ4n) is 1.89. The summed E-state index contributed by atoms with van der Waals surface area (Å²) >= 11 is 13.4. The minimum absolute atomic E-state index is 0.0382. The van der Waals surface area contributed by atoms with Gasteiger partial charge in [0.05, 0.1) is 14.9 Å². The summed E-state index contributed by atoms with van der Waals surface area (Å²) in [5.41, 5.74) is 1.07. The first-order chi connectivity index (χ1) is 9.52. The molecule has 20 heavy (non-hydrogen) atoms. The van der Waals surface area contributed by atoms with E-state index in [0.717, 1.165) is 30.8 Å². The molecule has 1 unspecified atom stereocenters. The summed E-state index contributed by atoms with van der Waals surface area (Å²) in [5.74, 6) is -0.210. The molecule has 1 aromatic carbocycles. The predicted molar refractivity (Wildman–Crippen MR) is 96.3 cm³/mol. The summed E-state index contributed by atoms with van der Waals surface area (Å²) < 4.78 is 15.1. The summed E-state index contributed by atoms with van der Waals surface area (Å²) in [7, 11) is 0. The number of rotatable bonds is 5. The maximum Gasteiger partial charge on any atom is 0.124 e. The fourth-order valence-corrected chi connectivity index (χ4v) is 4.52. The molecule has 2 aromatic rings. The Hall–Kier alpha value is 0.310. The van der Waals surface area contributed by atoms with Gasteiger partial charge in [-0.05, 0) is 75.2 Å². The zero-order valence-corrected chi connectivity index (χ0v) is 16.0. The largest absolute Gasteiger partial charge is 0.306 e. The summed E-state index contributed by atoms with van der Waals surface area (Å²) in [4.78, 5) is 1.12. The third-order valence-corrected chi connectivity index (χ3v) is 6.29. The van der Waals surface area contributed by atoms with Crippen molar-refractivity contribution >= 4 is 61.5 Å². The second-order valence-corrected chi connectivity index (χ2v) is 8.29. The summed E-state index contributed by atoms with van der Waals surface area (Å²) in [5, 5.41) is 4.22. The van der Waals surface area contributed by atoms with E-state index >= 15 is 0 Å². The molecule has 1 nitrogen and oxygen atoms in total. The van der Waals surface area contributed by atoms with Crippen LogP contribution in [0.2, 0.25) is 5.02 Å². The molecule has 0 saturated carbocycles. The van der Waals surface area contributed by atoms with E-state index in [2.05, 4.69) is 50.8 Å². The van der Waals surface area contributed by atoms with Gasteiger partial charge in [-0.15, -0.1) is 11.3 Å². The summed E-state index contributed by atoms with van der Waals surface area (Å²) in [6.45, 7) is 3.02. The Labute approximate surface area is 149 Å². The summed E-state index contributed by atoms with van der Waals surface area (Å²) in [6.07, 6.45) is 1.04. The average molecular weight is 489 g/mol. The third kappa shape index (κ3) is 3.94. The molecule has 1 heterocycles. The Kier molecular flexibility index (Phi) is 6.28. The van der Waals surface area contributed by atoms with Gasteiger partial charge in [-0.1, -0.05) is 24.6 Å². The molecular weight excluding hydrogens is 475 g/mol. The molecular formula is C14H13BrClFINS. The van der Waals surface area contributed by atoms with Gasteiger partial charge in [0.2, 0.25) is 0 Å². The first kappa shape index (κ1) is 16.7. The Morgan fingerprint density at radius 2 is 2.20 bits per heavy atom. The Morgan fingerprint density at radius 1 is 1.45 bits per heavy atom. The molecule has 0 spiro atoms. The van der Waals surface area contributed by atoms with Crippen LogP contribution in [0.1, 0.15) is 29.8 Å². The van der Waals surface area contributed by atoms with Crippen LogP contribution in [0.4, 0.5) is 4.39 Å². The van der Waals surface area contributed by atoms with Gasteiger partial charge in [-0.2, -0.15) is 0 Å². The van der Waals surface area contributed by atoms with Crippen LogP contribution < -0.4 is 5.32 Å². The van der Waals surface area contributed by atoms with Crippen molar-refractivity contribution in [2.45, 2.75) is 19.4 Å². The van der Waals surface area contributed by atoms with Crippen LogP contribution >= 0.6 is 61.5 Å². The Balaban J connectivity index is 2.41. The van der Waals surface area contributed by atoms with Crippen LogP contribution in [0.5, 0.6) is 0 Å². The highest BCUT2D eigenvalue weighted by molar-refractivity contribution is 14.1. The molecule has 1 aromatic heterocycles. The number of nitrogens with one attached hydrogen (secondary N) is 1. The van der Waals surface area contributed by atoms with E-state index in [0.29, 0.717) is 5.02 Å². The first-order valence-electron chi connectivity index (χ1n) is 6.16. The second kappa shape index (κ2) is 7.54. The molecule has 0 bridgehead atoms. The standard InChI is InChI=1S/C14H13BrClFINS/c1-2-5-19-13(12-7-10(16)14(15)20-12)9-4-3-8(17)6-11(9)18/h3-4,6-7,13,19H,2,5H2,1H3. The van der Waals surface area contributed by atoms with Gasteiger partial charge in [0.25, 0.3) is 0 Å². The van der Waals surface area contributed by atoms with Gasteiger partial charge in [-0.3, -0.25) is 0 Å². The normalized spacial score (nSPS) is 12.7. The van der Waals surface area contributed by atoms with Crippen molar-refractivity contribution < 1.29 is 4.39 Å². The number of thiophene rings is 1. The maximum atomic E-state index is 13.3. The van der Waals surface area contributed by atoms with Crippen LogP contribution in [0.25, 0.3) is 0 Å². The molecule has 1 N–H and O–H groups in total. The lowest BCUT2D eigenvalue weighted by molar-refractivity contribution is 0.596. The van der Waals surface area contributed by atoms with Crippen molar-refractivity contribution in [2.24, 2.45) is 0 Å². The molecule has 0 aliphatic carbocycles. The smallest absolute Gasteiger partial charge is 0.124 e. The van der Waals surface area contributed by atoms with Crippen molar-refractivity contribution in [3.63, 3.8) is 0 Å². The van der Waals surface area contributed by atoms with Gasteiger partial charge in [0, 0.05) is 8.45 Å².